The number of carbonyl (C=O) groups is 5. The van der Waals surface area contributed by atoms with E-state index in [0.717, 1.165) is 29.0 Å². The van der Waals surface area contributed by atoms with Crippen LogP contribution in [0.15, 0.2) is 72.8 Å². The highest BCUT2D eigenvalue weighted by Gasteiger charge is 2.39. The number of ether oxygens (including phenoxy) is 2. The van der Waals surface area contributed by atoms with Gasteiger partial charge in [-0.1, -0.05) is 72.8 Å². The van der Waals surface area contributed by atoms with Crippen molar-refractivity contribution in [1.82, 2.24) is 21.3 Å². The Balaban J connectivity index is 1.37. The first-order valence-electron chi connectivity index (χ1n) is 17.3. The van der Waals surface area contributed by atoms with Crippen LogP contribution >= 0.6 is 0 Å². The molecule has 272 valence electrons. The van der Waals surface area contributed by atoms with Gasteiger partial charge in [-0.25, -0.2) is 18.4 Å². The number of fused-ring (bicyclic) bond motifs is 1. The third kappa shape index (κ3) is 10.5. The van der Waals surface area contributed by atoms with E-state index >= 15 is 0 Å². The standard InChI is InChI=1S/C38H44F2N4O7/c1-50-36(48)32(22-28-16-19-41-33(28)45)43-34(46)30(20-24-14-17-38(39,40)18-15-24)42-35(47)31(44-37(49)51-23-25-8-3-2-4-9-25)21-27-12-7-11-26-10-5-6-13-29(26)27/h2-13,24,28,30-32H,14-23H2,1H3,(H,41,45)(H,42,47)(H,43,46)(H,44,49)/t28-,30?,31-,32-/m0/s1. The maximum absolute atomic E-state index is 14.1. The summed E-state index contributed by atoms with van der Waals surface area (Å²) >= 11 is 0. The molecule has 2 fully saturated rings. The van der Waals surface area contributed by atoms with Crippen LogP contribution < -0.4 is 21.3 Å². The van der Waals surface area contributed by atoms with Crippen molar-refractivity contribution in [3.63, 3.8) is 0 Å². The minimum absolute atomic E-state index is 0.0148. The van der Waals surface area contributed by atoms with Gasteiger partial charge in [-0.2, -0.15) is 0 Å². The van der Waals surface area contributed by atoms with Crippen molar-refractivity contribution in [3.8, 4) is 0 Å². The lowest BCUT2D eigenvalue weighted by Crippen LogP contribution is -2.57. The molecule has 1 heterocycles. The SMILES string of the molecule is COC(=O)[C@H](C[C@@H]1CCNC1=O)NC(=O)C(CC1CCC(F)(F)CC1)NC(=O)[C@H](Cc1cccc2ccccc12)NC(=O)OCc1ccccc1. The van der Waals surface area contributed by atoms with Crippen molar-refractivity contribution in [1.29, 1.82) is 0 Å². The van der Waals surface area contributed by atoms with Crippen LogP contribution in [-0.2, 0) is 41.7 Å². The van der Waals surface area contributed by atoms with Crippen LogP contribution in [0.1, 0.15) is 56.1 Å². The zero-order valence-corrected chi connectivity index (χ0v) is 28.5. The van der Waals surface area contributed by atoms with Crippen LogP contribution in [0.25, 0.3) is 10.8 Å². The van der Waals surface area contributed by atoms with E-state index in [4.69, 9.17) is 9.47 Å². The molecule has 0 aromatic heterocycles. The van der Waals surface area contributed by atoms with Gasteiger partial charge in [0, 0.05) is 31.7 Å². The molecular formula is C38H44F2N4O7. The molecule has 2 aliphatic rings. The Kier molecular flexibility index (Phi) is 12.6. The number of halogens is 2. The summed E-state index contributed by atoms with van der Waals surface area (Å²) in [6, 6.07) is 18.6. The van der Waals surface area contributed by atoms with Gasteiger partial charge in [0.2, 0.25) is 23.6 Å². The molecule has 3 aromatic rings. The summed E-state index contributed by atoms with van der Waals surface area (Å²) in [5.41, 5.74) is 1.50. The van der Waals surface area contributed by atoms with Crippen LogP contribution in [0.3, 0.4) is 0 Å². The highest BCUT2D eigenvalue weighted by molar-refractivity contribution is 5.94. The minimum atomic E-state index is -2.80. The Bertz CT molecular complexity index is 1690. The maximum Gasteiger partial charge on any atom is 0.408 e. The first-order valence-corrected chi connectivity index (χ1v) is 17.3. The maximum atomic E-state index is 14.1. The molecule has 1 saturated carbocycles. The molecule has 0 bridgehead atoms. The summed E-state index contributed by atoms with van der Waals surface area (Å²) in [5.74, 6) is -6.09. The zero-order chi connectivity index (χ0) is 36.4. The monoisotopic (exact) mass is 706 g/mol. The Hall–Kier alpha value is -5.07. The summed E-state index contributed by atoms with van der Waals surface area (Å²) in [6.07, 6.45) is -0.753. The Labute approximate surface area is 295 Å². The average molecular weight is 707 g/mol. The molecule has 4 N–H and O–H groups in total. The molecule has 0 radical (unpaired) electrons. The highest BCUT2D eigenvalue weighted by Crippen LogP contribution is 2.38. The van der Waals surface area contributed by atoms with Crippen molar-refractivity contribution < 1.29 is 42.2 Å². The Morgan fingerprint density at radius 3 is 2.20 bits per heavy atom. The lowest BCUT2D eigenvalue weighted by atomic mass is 9.82. The number of alkyl halides is 2. The number of esters is 1. The third-order valence-electron chi connectivity index (χ3n) is 9.65. The molecule has 4 amide bonds. The lowest BCUT2D eigenvalue weighted by molar-refractivity contribution is -0.146. The summed E-state index contributed by atoms with van der Waals surface area (Å²) < 4.78 is 38.4. The molecule has 4 atom stereocenters. The van der Waals surface area contributed by atoms with Crippen molar-refractivity contribution in [3.05, 3.63) is 83.9 Å². The summed E-state index contributed by atoms with van der Waals surface area (Å²) in [5, 5.41) is 12.6. The van der Waals surface area contributed by atoms with E-state index in [2.05, 4.69) is 21.3 Å². The van der Waals surface area contributed by atoms with Gasteiger partial charge < -0.3 is 30.7 Å². The summed E-state index contributed by atoms with van der Waals surface area (Å²) in [6.45, 7) is 0.399. The molecule has 1 aliphatic heterocycles. The predicted octanol–water partition coefficient (Wildman–Crippen LogP) is 4.56. The quantitative estimate of drug-likeness (QED) is 0.180. The normalized spacial score (nSPS) is 18.9. The number of methoxy groups -OCH3 is 1. The van der Waals surface area contributed by atoms with Crippen LogP contribution in [0, 0.1) is 11.8 Å². The fraction of sp³-hybridized carbons (Fsp3) is 0.447. The van der Waals surface area contributed by atoms with Crippen molar-refractivity contribution in [2.45, 2.75) is 82.0 Å². The summed E-state index contributed by atoms with van der Waals surface area (Å²) in [7, 11) is 1.16. The lowest BCUT2D eigenvalue weighted by Gasteiger charge is -2.32. The van der Waals surface area contributed by atoms with Gasteiger partial charge >= 0.3 is 12.1 Å². The number of nitrogens with one attached hydrogen (secondary N) is 4. The second-order valence-electron chi connectivity index (χ2n) is 13.3. The largest absolute Gasteiger partial charge is 0.467 e. The van der Waals surface area contributed by atoms with Crippen molar-refractivity contribution in [2.75, 3.05) is 13.7 Å². The number of hydrogen-bond donors (Lipinski definition) is 4. The van der Waals surface area contributed by atoms with Gasteiger partial charge in [0.05, 0.1) is 7.11 Å². The first-order chi connectivity index (χ1) is 24.5. The molecule has 13 heteroatoms. The molecular weight excluding hydrogens is 662 g/mol. The minimum Gasteiger partial charge on any atom is -0.467 e. The Morgan fingerprint density at radius 1 is 0.824 bits per heavy atom. The van der Waals surface area contributed by atoms with Gasteiger partial charge in [-0.15, -0.1) is 0 Å². The molecule has 5 rings (SSSR count). The fourth-order valence-electron chi connectivity index (χ4n) is 6.76. The van der Waals surface area contributed by atoms with E-state index in [1.165, 1.54) is 0 Å². The van der Waals surface area contributed by atoms with Crippen LogP contribution in [0.2, 0.25) is 0 Å². The van der Waals surface area contributed by atoms with Crippen LogP contribution in [0.4, 0.5) is 13.6 Å². The van der Waals surface area contributed by atoms with Gasteiger partial charge in [0.15, 0.2) is 0 Å². The number of alkyl carbamates (subject to hydrolysis) is 1. The molecule has 3 aromatic carbocycles. The number of amides is 4. The first kappa shape index (κ1) is 37.2. The zero-order valence-electron chi connectivity index (χ0n) is 28.5. The molecule has 1 saturated heterocycles. The van der Waals surface area contributed by atoms with Gasteiger partial charge in [-0.3, -0.25) is 14.4 Å². The van der Waals surface area contributed by atoms with Crippen molar-refractivity contribution in [2.24, 2.45) is 11.8 Å². The fourth-order valence-corrected chi connectivity index (χ4v) is 6.76. The number of carbonyl (C=O) groups excluding carboxylic acids is 5. The molecule has 1 unspecified atom stereocenters. The second-order valence-corrected chi connectivity index (χ2v) is 13.3. The van der Waals surface area contributed by atoms with Gasteiger partial charge in [-0.05, 0) is 59.9 Å². The second kappa shape index (κ2) is 17.2. The molecule has 1 aliphatic carbocycles. The van der Waals surface area contributed by atoms with Crippen LogP contribution in [0.5, 0.6) is 0 Å². The Morgan fingerprint density at radius 2 is 1.49 bits per heavy atom. The van der Waals surface area contributed by atoms with Crippen LogP contribution in [-0.4, -0.2) is 67.5 Å². The van der Waals surface area contributed by atoms with E-state index in [9.17, 15) is 32.8 Å². The number of rotatable bonds is 14. The van der Waals surface area contributed by atoms with E-state index in [1.54, 1.807) is 24.3 Å². The van der Waals surface area contributed by atoms with E-state index < -0.39 is 53.8 Å². The number of hydrogen-bond acceptors (Lipinski definition) is 7. The smallest absolute Gasteiger partial charge is 0.408 e. The molecule has 0 spiro atoms. The van der Waals surface area contributed by atoms with Gasteiger partial charge in [0.1, 0.15) is 24.7 Å². The van der Waals surface area contributed by atoms with Crippen molar-refractivity contribution >= 4 is 40.6 Å². The average Bonchev–Trinajstić information content (AvgIpc) is 3.54. The predicted molar refractivity (Wildman–Crippen MR) is 184 cm³/mol. The topological polar surface area (TPSA) is 152 Å². The summed E-state index contributed by atoms with van der Waals surface area (Å²) in [4.78, 5) is 66.1. The molecule has 51 heavy (non-hydrogen) atoms. The van der Waals surface area contributed by atoms with E-state index in [1.807, 2.05) is 48.5 Å². The highest BCUT2D eigenvalue weighted by atomic mass is 19.3. The van der Waals surface area contributed by atoms with E-state index in [0.29, 0.717) is 13.0 Å². The third-order valence-corrected chi connectivity index (χ3v) is 9.65. The molecule has 11 nitrogen and oxygen atoms in total. The van der Waals surface area contributed by atoms with Gasteiger partial charge in [0.25, 0.3) is 0 Å². The van der Waals surface area contributed by atoms with E-state index in [-0.39, 0.29) is 63.4 Å². The number of benzene rings is 3.